The number of ether oxygens (including phenoxy) is 10. The summed E-state index contributed by atoms with van der Waals surface area (Å²) in [7, 11) is 0. The number of para-hydroxylation sites is 4. The lowest BCUT2D eigenvalue weighted by molar-refractivity contribution is -0.0577. The van der Waals surface area contributed by atoms with Gasteiger partial charge in [-0.05, 0) is 44.2 Å². The molecular formula is C37H43N3O14. The van der Waals surface area contributed by atoms with Gasteiger partial charge in [0, 0.05) is 25.5 Å². The molecule has 0 aliphatic carbocycles. The minimum atomic E-state index is -0.898. The van der Waals surface area contributed by atoms with E-state index in [9.17, 15) is 19.2 Å². The van der Waals surface area contributed by atoms with Gasteiger partial charge in [-0.3, -0.25) is 4.98 Å². The second-order valence-electron chi connectivity index (χ2n) is 11.6. The summed E-state index contributed by atoms with van der Waals surface area (Å²) in [6, 6.07) is 15.7. The zero-order valence-corrected chi connectivity index (χ0v) is 30.0. The second kappa shape index (κ2) is 20.4. The lowest BCUT2D eigenvalue weighted by atomic mass is 10.2. The number of amides is 2. The van der Waals surface area contributed by atoms with Crippen LogP contribution in [0.2, 0.25) is 0 Å². The summed E-state index contributed by atoms with van der Waals surface area (Å²) in [6.07, 6.45) is 0.0806. The van der Waals surface area contributed by atoms with E-state index in [-0.39, 0.29) is 63.7 Å². The maximum absolute atomic E-state index is 12.7. The average Bonchev–Trinajstić information content (AvgIpc) is 3.20. The van der Waals surface area contributed by atoms with E-state index in [0.717, 1.165) is 0 Å². The Morgan fingerprint density at radius 3 is 1.44 bits per heavy atom. The number of nitrogens with zero attached hydrogens (tertiary/aromatic N) is 3. The summed E-state index contributed by atoms with van der Waals surface area (Å²) in [6.45, 7) is 5.17. The predicted octanol–water partition coefficient (Wildman–Crippen LogP) is 3.94. The fourth-order valence-corrected chi connectivity index (χ4v) is 5.30. The number of carbonyl (C=O) groups is 4. The van der Waals surface area contributed by atoms with E-state index in [2.05, 4.69) is 4.98 Å². The monoisotopic (exact) mass is 753 g/mol. The van der Waals surface area contributed by atoms with Crippen molar-refractivity contribution >= 4 is 24.1 Å². The van der Waals surface area contributed by atoms with E-state index >= 15 is 0 Å². The van der Waals surface area contributed by atoms with Gasteiger partial charge in [-0.2, -0.15) is 0 Å². The van der Waals surface area contributed by atoms with E-state index in [1.54, 1.807) is 24.3 Å². The van der Waals surface area contributed by atoms with Gasteiger partial charge in [0.15, 0.2) is 23.0 Å². The third-order valence-corrected chi connectivity index (χ3v) is 7.90. The number of hydrogen-bond donors (Lipinski definition) is 0. The van der Waals surface area contributed by atoms with Gasteiger partial charge in [0.05, 0.1) is 50.6 Å². The molecule has 0 bridgehead atoms. The summed E-state index contributed by atoms with van der Waals surface area (Å²) in [5, 5.41) is 0. The number of hydrogen-bond acceptors (Lipinski definition) is 15. The van der Waals surface area contributed by atoms with Crippen molar-refractivity contribution in [2.75, 3.05) is 79.4 Å². The molecule has 0 spiro atoms. The average molecular weight is 754 g/mol. The highest BCUT2D eigenvalue weighted by atomic mass is 16.7. The number of rotatable bonds is 16. The highest BCUT2D eigenvalue weighted by molar-refractivity contribution is 5.94. The molecule has 290 valence electrons. The number of esters is 2. The van der Waals surface area contributed by atoms with Gasteiger partial charge < -0.3 is 57.2 Å². The summed E-state index contributed by atoms with van der Waals surface area (Å²) in [5.74, 6) is 0.537. The molecule has 0 N–H and O–H groups in total. The topological polar surface area (TPSA) is 180 Å². The molecule has 2 saturated heterocycles. The van der Waals surface area contributed by atoms with Crippen LogP contribution in [0.15, 0.2) is 67.0 Å². The molecule has 54 heavy (non-hydrogen) atoms. The highest BCUT2D eigenvalue weighted by Crippen LogP contribution is 2.28. The lowest BCUT2D eigenvalue weighted by Gasteiger charge is -2.32. The molecular weight excluding hydrogens is 710 g/mol. The summed E-state index contributed by atoms with van der Waals surface area (Å²) >= 11 is 0. The molecule has 1 aromatic heterocycles. The second-order valence-corrected chi connectivity index (χ2v) is 11.6. The Kier molecular flexibility index (Phi) is 14.9. The Morgan fingerprint density at radius 1 is 0.630 bits per heavy atom. The van der Waals surface area contributed by atoms with Crippen LogP contribution in [-0.2, 0) is 28.4 Å². The molecule has 2 aliphatic rings. The Balaban J connectivity index is 0.997. The number of aromatic nitrogens is 1. The maximum atomic E-state index is 12.7. The molecule has 3 heterocycles. The van der Waals surface area contributed by atoms with Gasteiger partial charge >= 0.3 is 24.1 Å². The first-order valence-corrected chi connectivity index (χ1v) is 17.4. The minimum absolute atomic E-state index is 0.0983. The van der Waals surface area contributed by atoms with E-state index in [0.29, 0.717) is 36.2 Å². The number of carbonyl (C=O) groups excluding carboxylic acids is 4. The zero-order chi connectivity index (χ0) is 38.1. The Hall–Kier alpha value is -5.81. The predicted molar refractivity (Wildman–Crippen MR) is 187 cm³/mol. The first-order valence-electron chi connectivity index (χ1n) is 17.4. The molecule has 5 rings (SSSR count). The molecule has 17 heteroatoms. The van der Waals surface area contributed by atoms with Crippen molar-refractivity contribution in [3.63, 3.8) is 0 Å². The number of pyridine rings is 1. The van der Waals surface area contributed by atoms with Crippen molar-refractivity contribution in [2.45, 2.75) is 26.1 Å². The summed E-state index contributed by atoms with van der Waals surface area (Å²) < 4.78 is 54.7. The van der Waals surface area contributed by atoms with Crippen molar-refractivity contribution in [3.8, 4) is 23.0 Å². The van der Waals surface area contributed by atoms with Crippen molar-refractivity contribution in [1.29, 1.82) is 0 Å². The molecule has 2 unspecified atom stereocenters. The van der Waals surface area contributed by atoms with Crippen LogP contribution in [0.4, 0.5) is 9.59 Å². The fraction of sp³-hybridized carbons (Fsp3) is 0.432. The van der Waals surface area contributed by atoms with E-state index in [1.165, 1.54) is 28.3 Å². The van der Waals surface area contributed by atoms with Gasteiger partial charge in [-0.15, -0.1) is 0 Å². The lowest BCUT2D eigenvalue weighted by Crippen LogP contribution is -2.48. The van der Waals surface area contributed by atoms with Gasteiger partial charge in [-0.1, -0.05) is 24.3 Å². The zero-order valence-electron chi connectivity index (χ0n) is 30.0. The number of morpholine rings is 2. The molecule has 2 atom stereocenters. The van der Waals surface area contributed by atoms with Crippen molar-refractivity contribution < 1.29 is 66.5 Å². The van der Waals surface area contributed by atoms with Crippen LogP contribution >= 0.6 is 0 Å². The van der Waals surface area contributed by atoms with Gasteiger partial charge in [0.1, 0.15) is 25.4 Å². The van der Waals surface area contributed by atoms with Gasteiger partial charge in [0.2, 0.25) is 13.6 Å². The Morgan fingerprint density at radius 2 is 1.04 bits per heavy atom. The molecule has 2 aliphatic heterocycles. The Bertz CT molecular complexity index is 1590. The van der Waals surface area contributed by atoms with Crippen LogP contribution in [0.5, 0.6) is 23.0 Å². The standard InChI is InChI=1S/C37H43N3O14/c1-3-45-30-9-5-7-11-32(30)49-22-28-20-39(13-15-47-28)36(43)53-24-51-34(41)26-17-27(19-38-18-26)35(42)52-25-54-37(44)40-14-16-48-29(21-40)23-50-33-12-8-6-10-31(33)46-4-2/h5-12,17-19,28-29H,3-4,13-16,20-25H2,1-2H3. The largest absolute Gasteiger partial charge is 0.490 e. The van der Waals surface area contributed by atoms with Gasteiger partial charge in [-0.25, -0.2) is 19.2 Å². The first kappa shape index (κ1) is 39.4. The van der Waals surface area contributed by atoms with E-state index < -0.39 is 49.9 Å². The molecule has 0 radical (unpaired) electrons. The third kappa shape index (κ3) is 11.6. The smallest absolute Gasteiger partial charge is 0.412 e. The van der Waals surface area contributed by atoms with Crippen molar-refractivity contribution in [3.05, 3.63) is 78.1 Å². The maximum Gasteiger partial charge on any atom is 0.412 e. The van der Waals surface area contributed by atoms with E-state index in [4.69, 9.17) is 47.4 Å². The molecule has 17 nitrogen and oxygen atoms in total. The van der Waals surface area contributed by atoms with Crippen molar-refractivity contribution in [2.24, 2.45) is 0 Å². The third-order valence-electron chi connectivity index (χ3n) is 7.90. The van der Waals surface area contributed by atoms with Gasteiger partial charge in [0.25, 0.3) is 0 Å². The van der Waals surface area contributed by atoms with E-state index in [1.807, 2.05) is 38.1 Å². The quantitative estimate of drug-likeness (QED) is 0.152. The minimum Gasteiger partial charge on any atom is -0.490 e. The molecule has 3 aromatic rings. The van der Waals surface area contributed by atoms with Crippen LogP contribution in [-0.4, -0.2) is 131 Å². The highest BCUT2D eigenvalue weighted by Gasteiger charge is 2.28. The van der Waals surface area contributed by atoms with Crippen LogP contribution < -0.4 is 18.9 Å². The molecule has 0 saturated carbocycles. The Labute approximate surface area is 311 Å². The molecule has 2 fully saturated rings. The van der Waals surface area contributed by atoms with Crippen LogP contribution in [0.3, 0.4) is 0 Å². The molecule has 2 amide bonds. The normalized spacial score (nSPS) is 16.8. The molecule has 2 aromatic carbocycles. The first-order chi connectivity index (χ1) is 26.3. The summed E-state index contributed by atoms with van der Waals surface area (Å²) in [4.78, 5) is 57.3. The van der Waals surface area contributed by atoms with Crippen LogP contribution in [0.1, 0.15) is 34.6 Å². The van der Waals surface area contributed by atoms with Crippen LogP contribution in [0.25, 0.3) is 0 Å². The van der Waals surface area contributed by atoms with Crippen molar-refractivity contribution in [1.82, 2.24) is 14.8 Å². The number of benzene rings is 2. The SMILES string of the molecule is CCOc1ccccc1OCC1CN(C(=O)OCOC(=O)c2cncc(C(=O)OCOC(=O)N3CCOC(COc4ccccc4OCC)C3)c2)CCO1. The van der Waals surface area contributed by atoms with Crippen LogP contribution in [0, 0.1) is 0 Å². The summed E-state index contributed by atoms with van der Waals surface area (Å²) in [5.41, 5.74) is -0.197. The fourth-order valence-electron chi connectivity index (χ4n) is 5.30.